The Morgan fingerprint density at radius 1 is 1.00 bits per heavy atom. The Labute approximate surface area is 259 Å². The van der Waals surface area contributed by atoms with Gasteiger partial charge in [-0.05, 0) is 67.1 Å². The average molecular weight is 595 g/mol. The van der Waals surface area contributed by atoms with Crippen molar-refractivity contribution in [3.05, 3.63) is 76.1 Å². The number of anilines is 3. The lowest BCUT2D eigenvalue weighted by atomic mass is 9.93. The standard InChI is InChI=1S/C34H42N8O2/c1-6-23-9-8-10-24(7-2)29(23)37-33(43)31-26-13-12-25-20-35-34(38-30(25)32(26)41(4)39-31)36-27-14-11-22(19-28(27)44-5)21-42-17-15-40(3)16-18-42/h8-11,14,19-20H,6-7,12-13,15-18,21H2,1-5H3,(H,37,43)(H,35,36,38). The fourth-order valence-corrected chi connectivity index (χ4v) is 6.30. The number of para-hydroxylation sites is 1. The van der Waals surface area contributed by atoms with Gasteiger partial charge in [0.25, 0.3) is 5.91 Å². The second kappa shape index (κ2) is 12.8. The number of benzene rings is 2. The van der Waals surface area contributed by atoms with Crippen LogP contribution in [0.5, 0.6) is 5.75 Å². The first kappa shape index (κ1) is 29.8. The van der Waals surface area contributed by atoms with Crippen LogP contribution in [-0.4, -0.2) is 75.8 Å². The van der Waals surface area contributed by atoms with Crippen LogP contribution in [0.4, 0.5) is 17.3 Å². The molecule has 2 N–H and O–H groups in total. The highest BCUT2D eigenvalue weighted by Crippen LogP contribution is 2.36. The number of carbonyl (C=O) groups is 1. The zero-order chi connectivity index (χ0) is 30.8. The number of amides is 1. The number of aryl methyl sites for hydroxylation is 4. The van der Waals surface area contributed by atoms with E-state index >= 15 is 0 Å². The van der Waals surface area contributed by atoms with E-state index in [9.17, 15) is 4.79 Å². The first-order chi connectivity index (χ1) is 21.4. The van der Waals surface area contributed by atoms with Crippen LogP contribution in [0.3, 0.4) is 0 Å². The molecule has 6 rings (SSSR count). The molecule has 0 unspecified atom stereocenters. The maximum absolute atomic E-state index is 13.6. The van der Waals surface area contributed by atoms with Gasteiger partial charge in [-0.3, -0.25) is 14.4 Å². The molecule has 2 aromatic carbocycles. The summed E-state index contributed by atoms with van der Waals surface area (Å²) in [5, 5.41) is 11.3. The number of nitrogens with one attached hydrogen (secondary N) is 2. The molecule has 1 amide bonds. The van der Waals surface area contributed by atoms with Crippen LogP contribution < -0.4 is 15.4 Å². The number of aromatic nitrogens is 4. The number of rotatable bonds is 9. The van der Waals surface area contributed by atoms with Gasteiger partial charge in [-0.25, -0.2) is 9.97 Å². The molecule has 1 fully saturated rings. The fourth-order valence-electron chi connectivity index (χ4n) is 6.30. The third-order valence-electron chi connectivity index (χ3n) is 8.85. The van der Waals surface area contributed by atoms with Crippen LogP contribution in [0, 0.1) is 0 Å². The largest absolute Gasteiger partial charge is 0.495 e. The van der Waals surface area contributed by atoms with E-state index in [1.807, 2.05) is 19.3 Å². The molecule has 10 nitrogen and oxygen atoms in total. The Bertz CT molecular complexity index is 1650. The molecule has 0 bridgehead atoms. The van der Waals surface area contributed by atoms with E-state index in [0.717, 1.165) is 103 Å². The van der Waals surface area contributed by atoms with E-state index < -0.39 is 0 Å². The maximum Gasteiger partial charge on any atom is 0.276 e. The number of likely N-dealkylation sites (N-methyl/N-ethyl adjacent to an activating group) is 1. The molecule has 44 heavy (non-hydrogen) atoms. The summed E-state index contributed by atoms with van der Waals surface area (Å²) >= 11 is 0. The Morgan fingerprint density at radius 2 is 1.75 bits per heavy atom. The van der Waals surface area contributed by atoms with Crippen molar-refractivity contribution in [1.82, 2.24) is 29.5 Å². The average Bonchev–Trinajstić information content (AvgIpc) is 3.39. The predicted molar refractivity (Wildman–Crippen MR) is 174 cm³/mol. The molecule has 0 saturated carbocycles. The topological polar surface area (TPSA) is 100 Å². The molecular weight excluding hydrogens is 552 g/mol. The second-order valence-electron chi connectivity index (χ2n) is 11.7. The van der Waals surface area contributed by atoms with Gasteiger partial charge >= 0.3 is 0 Å². The van der Waals surface area contributed by atoms with E-state index in [1.54, 1.807) is 11.8 Å². The Morgan fingerprint density at radius 3 is 2.45 bits per heavy atom. The van der Waals surface area contributed by atoms with Gasteiger partial charge in [0, 0.05) is 57.2 Å². The van der Waals surface area contributed by atoms with Crippen molar-refractivity contribution in [2.45, 2.75) is 46.1 Å². The highest BCUT2D eigenvalue weighted by molar-refractivity contribution is 6.06. The fraction of sp³-hybridized carbons (Fsp3) is 0.412. The SMILES string of the molecule is CCc1cccc(CC)c1NC(=O)c1nn(C)c2c1CCc1cnc(Nc3ccc(CN4CCN(C)CC4)cc3OC)nc1-2. The van der Waals surface area contributed by atoms with Crippen molar-refractivity contribution in [3.63, 3.8) is 0 Å². The van der Waals surface area contributed by atoms with Crippen molar-refractivity contribution < 1.29 is 9.53 Å². The van der Waals surface area contributed by atoms with Gasteiger partial charge < -0.3 is 20.3 Å². The molecule has 2 aliphatic rings. The van der Waals surface area contributed by atoms with Crippen LogP contribution in [0.1, 0.15) is 52.2 Å². The normalized spacial score (nSPS) is 15.0. The lowest BCUT2D eigenvalue weighted by Crippen LogP contribution is -2.43. The molecular formula is C34H42N8O2. The summed E-state index contributed by atoms with van der Waals surface area (Å²) in [5.41, 5.74) is 9.22. The lowest BCUT2D eigenvalue weighted by molar-refractivity contribution is 0.102. The van der Waals surface area contributed by atoms with Gasteiger partial charge in [0.1, 0.15) is 5.75 Å². The highest BCUT2D eigenvalue weighted by Gasteiger charge is 2.29. The van der Waals surface area contributed by atoms with Gasteiger partial charge in [0.05, 0.1) is 24.2 Å². The van der Waals surface area contributed by atoms with Crippen molar-refractivity contribution in [3.8, 4) is 17.1 Å². The van der Waals surface area contributed by atoms with E-state index in [0.29, 0.717) is 18.1 Å². The minimum absolute atomic E-state index is 0.185. The third-order valence-corrected chi connectivity index (χ3v) is 8.85. The lowest BCUT2D eigenvalue weighted by Gasteiger charge is -2.32. The Hall–Kier alpha value is -4.28. The summed E-state index contributed by atoms with van der Waals surface area (Å²) in [6.45, 7) is 9.40. The van der Waals surface area contributed by atoms with Crippen LogP contribution >= 0.6 is 0 Å². The van der Waals surface area contributed by atoms with Crippen LogP contribution in [0.2, 0.25) is 0 Å². The molecule has 10 heteroatoms. The Balaban J connectivity index is 1.24. The quantitative estimate of drug-likeness (QED) is 0.284. The zero-order valence-electron chi connectivity index (χ0n) is 26.4. The number of piperazine rings is 1. The number of fused-ring (bicyclic) bond motifs is 3. The smallest absolute Gasteiger partial charge is 0.276 e. The molecule has 0 radical (unpaired) electrons. The minimum Gasteiger partial charge on any atom is -0.495 e. The molecule has 230 valence electrons. The Kier molecular flexibility index (Phi) is 8.63. The van der Waals surface area contributed by atoms with Crippen molar-refractivity contribution in [2.24, 2.45) is 7.05 Å². The number of methoxy groups -OCH3 is 1. The highest BCUT2D eigenvalue weighted by atomic mass is 16.5. The molecule has 2 aromatic heterocycles. The zero-order valence-corrected chi connectivity index (χ0v) is 26.4. The first-order valence-electron chi connectivity index (χ1n) is 15.6. The summed E-state index contributed by atoms with van der Waals surface area (Å²) < 4.78 is 7.54. The van der Waals surface area contributed by atoms with Gasteiger partial charge in [0.15, 0.2) is 5.69 Å². The summed E-state index contributed by atoms with van der Waals surface area (Å²) in [4.78, 5) is 28.0. The van der Waals surface area contributed by atoms with Gasteiger partial charge in [0.2, 0.25) is 5.95 Å². The van der Waals surface area contributed by atoms with Crippen molar-refractivity contribution in [2.75, 3.05) is 51.0 Å². The van der Waals surface area contributed by atoms with Crippen LogP contribution in [0.25, 0.3) is 11.4 Å². The molecule has 4 aromatic rings. The van der Waals surface area contributed by atoms with Crippen LogP contribution in [-0.2, 0) is 39.3 Å². The predicted octanol–water partition coefficient (Wildman–Crippen LogP) is 4.85. The van der Waals surface area contributed by atoms with E-state index in [-0.39, 0.29) is 5.91 Å². The van der Waals surface area contributed by atoms with Gasteiger partial charge in [-0.15, -0.1) is 0 Å². The number of hydrogen-bond acceptors (Lipinski definition) is 8. The monoisotopic (exact) mass is 594 g/mol. The number of carbonyl (C=O) groups excluding carboxylic acids is 1. The molecule has 0 spiro atoms. The molecule has 0 atom stereocenters. The number of ether oxygens (including phenoxy) is 1. The maximum atomic E-state index is 13.6. The number of nitrogens with zero attached hydrogens (tertiary/aromatic N) is 6. The molecule has 3 heterocycles. The van der Waals surface area contributed by atoms with Crippen molar-refractivity contribution >= 4 is 23.2 Å². The van der Waals surface area contributed by atoms with Gasteiger partial charge in [-0.2, -0.15) is 5.10 Å². The summed E-state index contributed by atoms with van der Waals surface area (Å²) in [5.74, 6) is 1.03. The van der Waals surface area contributed by atoms with E-state index in [1.165, 1.54) is 5.56 Å². The molecule has 1 saturated heterocycles. The van der Waals surface area contributed by atoms with Gasteiger partial charge in [-0.1, -0.05) is 38.1 Å². The van der Waals surface area contributed by atoms with Crippen LogP contribution in [0.15, 0.2) is 42.6 Å². The van der Waals surface area contributed by atoms with E-state index in [4.69, 9.17) is 14.8 Å². The summed E-state index contributed by atoms with van der Waals surface area (Å²) in [6, 6.07) is 12.4. The molecule has 1 aliphatic heterocycles. The van der Waals surface area contributed by atoms with Crippen molar-refractivity contribution in [1.29, 1.82) is 0 Å². The summed E-state index contributed by atoms with van der Waals surface area (Å²) in [7, 11) is 5.73. The third kappa shape index (κ3) is 5.92. The van der Waals surface area contributed by atoms with E-state index in [2.05, 4.69) is 76.6 Å². The first-order valence-corrected chi connectivity index (χ1v) is 15.6. The second-order valence-corrected chi connectivity index (χ2v) is 11.7. The molecule has 1 aliphatic carbocycles. The number of hydrogen-bond donors (Lipinski definition) is 2. The summed E-state index contributed by atoms with van der Waals surface area (Å²) in [6.07, 6.45) is 5.00. The minimum atomic E-state index is -0.185.